The molecule has 1 aliphatic heterocycles. The van der Waals surface area contributed by atoms with Gasteiger partial charge in [-0.2, -0.15) is 4.31 Å². The predicted molar refractivity (Wildman–Crippen MR) is 83.2 cm³/mol. The number of benzene rings is 1. The highest BCUT2D eigenvalue weighted by molar-refractivity contribution is 7.89. The van der Waals surface area contributed by atoms with Gasteiger partial charge < -0.3 is 4.74 Å². The molecule has 0 bridgehead atoms. The fourth-order valence-electron chi connectivity index (χ4n) is 2.68. The van der Waals surface area contributed by atoms with E-state index in [2.05, 4.69) is 0 Å². The molecule has 0 saturated carbocycles. The Bertz CT molecular complexity index is 693. The zero-order valence-corrected chi connectivity index (χ0v) is 13.4. The standard InChI is InChI=1S/C15H17NO3S2/c1-19-12-6-8-13(9-7-12)21(17,18)16-10-2-4-14(16)15-5-3-11-20-15/h3,5-9,11,14H,2,4,10H2,1H3/t14-/m0/s1. The Balaban J connectivity index is 1.93. The summed E-state index contributed by atoms with van der Waals surface area (Å²) in [6, 6.07) is 10.5. The van der Waals surface area contributed by atoms with E-state index in [0.29, 0.717) is 17.2 Å². The Labute approximate surface area is 129 Å². The summed E-state index contributed by atoms with van der Waals surface area (Å²) in [5.41, 5.74) is 0. The van der Waals surface area contributed by atoms with Crippen molar-refractivity contribution in [3.05, 3.63) is 46.7 Å². The molecule has 0 aliphatic carbocycles. The molecule has 112 valence electrons. The van der Waals surface area contributed by atoms with Gasteiger partial charge in [0, 0.05) is 11.4 Å². The summed E-state index contributed by atoms with van der Waals surface area (Å²) < 4.78 is 32.4. The van der Waals surface area contributed by atoms with Crippen LogP contribution in [0.15, 0.2) is 46.7 Å². The summed E-state index contributed by atoms with van der Waals surface area (Å²) in [6.07, 6.45) is 1.79. The molecule has 0 unspecified atom stereocenters. The first kappa shape index (κ1) is 14.6. The third kappa shape index (κ3) is 2.71. The van der Waals surface area contributed by atoms with E-state index in [1.54, 1.807) is 47.0 Å². The Hall–Kier alpha value is -1.37. The first-order valence-corrected chi connectivity index (χ1v) is 9.14. The van der Waals surface area contributed by atoms with Crippen molar-refractivity contribution < 1.29 is 13.2 Å². The minimum Gasteiger partial charge on any atom is -0.497 e. The number of ether oxygens (including phenoxy) is 1. The normalized spacial score (nSPS) is 19.8. The smallest absolute Gasteiger partial charge is 0.243 e. The maximum absolute atomic E-state index is 12.8. The molecule has 1 aromatic carbocycles. The molecule has 1 fully saturated rings. The van der Waals surface area contributed by atoms with Crippen molar-refractivity contribution in [2.45, 2.75) is 23.8 Å². The fourth-order valence-corrected chi connectivity index (χ4v) is 5.29. The van der Waals surface area contributed by atoms with Crippen molar-refractivity contribution in [1.82, 2.24) is 4.31 Å². The van der Waals surface area contributed by atoms with Crippen LogP contribution in [0.1, 0.15) is 23.8 Å². The Kier molecular flexibility index (Phi) is 4.01. The van der Waals surface area contributed by atoms with Crippen molar-refractivity contribution in [3.8, 4) is 5.75 Å². The van der Waals surface area contributed by atoms with E-state index in [1.165, 1.54) is 0 Å². The molecular weight excluding hydrogens is 306 g/mol. The average molecular weight is 323 g/mol. The number of nitrogens with zero attached hydrogens (tertiary/aromatic N) is 1. The van der Waals surface area contributed by atoms with Crippen LogP contribution in [0.2, 0.25) is 0 Å². The van der Waals surface area contributed by atoms with E-state index in [1.807, 2.05) is 17.5 Å². The van der Waals surface area contributed by atoms with Crippen molar-refractivity contribution in [3.63, 3.8) is 0 Å². The van der Waals surface area contributed by atoms with Crippen LogP contribution in [0.4, 0.5) is 0 Å². The lowest BCUT2D eigenvalue weighted by molar-refractivity contribution is 0.400. The predicted octanol–water partition coefficient (Wildman–Crippen LogP) is 3.28. The molecule has 2 heterocycles. The molecule has 0 spiro atoms. The molecule has 6 heteroatoms. The molecule has 0 amide bonds. The fraction of sp³-hybridized carbons (Fsp3) is 0.333. The minimum atomic E-state index is -3.45. The second-order valence-corrected chi connectivity index (χ2v) is 7.83. The van der Waals surface area contributed by atoms with Gasteiger partial charge in [0.05, 0.1) is 18.0 Å². The van der Waals surface area contributed by atoms with Crippen molar-refractivity contribution in [1.29, 1.82) is 0 Å². The van der Waals surface area contributed by atoms with Gasteiger partial charge >= 0.3 is 0 Å². The van der Waals surface area contributed by atoms with Gasteiger partial charge in [0.25, 0.3) is 0 Å². The number of hydrogen-bond acceptors (Lipinski definition) is 4. The van der Waals surface area contributed by atoms with Crippen molar-refractivity contribution in [2.75, 3.05) is 13.7 Å². The van der Waals surface area contributed by atoms with Crippen LogP contribution in [0.5, 0.6) is 5.75 Å². The van der Waals surface area contributed by atoms with Crippen LogP contribution in [0.3, 0.4) is 0 Å². The maximum atomic E-state index is 12.8. The van der Waals surface area contributed by atoms with E-state index < -0.39 is 10.0 Å². The molecule has 1 atom stereocenters. The number of thiophene rings is 1. The molecule has 0 radical (unpaired) electrons. The highest BCUT2D eigenvalue weighted by Gasteiger charge is 2.36. The Morgan fingerprint density at radius 1 is 1.24 bits per heavy atom. The summed E-state index contributed by atoms with van der Waals surface area (Å²) in [4.78, 5) is 1.44. The lowest BCUT2D eigenvalue weighted by Crippen LogP contribution is -2.30. The summed E-state index contributed by atoms with van der Waals surface area (Å²) in [5, 5.41) is 1.99. The van der Waals surface area contributed by atoms with E-state index >= 15 is 0 Å². The topological polar surface area (TPSA) is 46.6 Å². The van der Waals surface area contributed by atoms with Crippen LogP contribution in [0.25, 0.3) is 0 Å². The van der Waals surface area contributed by atoms with Gasteiger partial charge in [0.1, 0.15) is 5.75 Å². The summed E-state index contributed by atoms with van der Waals surface area (Å²) in [7, 11) is -1.89. The van der Waals surface area contributed by atoms with Crippen molar-refractivity contribution in [2.24, 2.45) is 0 Å². The van der Waals surface area contributed by atoms with Gasteiger partial charge in [0.2, 0.25) is 10.0 Å². The molecule has 1 saturated heterocycles. The minimum absolute atomic E-state index is 0.0305. The average Bonchev–Trinajstić information content (AvgIpc) is 3.17. The van der Waals surface area contributed by atoms with E-state index in [4.69, 9.17) is 4.74 Å². The van der Waals surface area contributed by atoms with Gasteiger partial charge in [-0.05, 0) is 48.6 Å². The van der Waals surface area contributed by atoms with Gasteiger partial charge in [-0.3, -0.25) is 0 Å². The number of hydrogen-bond donors (Lipinski definition) is 0. The summed E-state index contributed by atoms with van der Waals surface area (Å²) in [5.74, 6) is 0.658. The highest BCUT2D eigenvalue weighted by Crippen LogP contribution is 2.38. The third-order valence-electron chi connectivity index (χ3n) is 3.74. The van der Waals surface area contributed by atoms with E-state index in [9.17, 15) is 8.42 Å². The summed E-state index contributed by atoms with van der Waals surface area (Å²) in [6.45, 7) is 0.580. The zero-order chi connectivity index (χ0) is 14.9. The molecule has 3 rings (SSSR count). The number of rotatable bonds is 4. The summed E-state index contributed by atoms with van der Waals surface area (Å²) >= 11 is 1.62. The van der Waals surface area contributed by atoms with Crippen LogP contribution >= 0.6 is 11.3 Å². The molecule has 1 aliphatic rings. The van der Waals surface area contributed by atoms with Crippen LogP contribution in [-0.4, -0.2) is 26.4 Å². The second-order valence-electron chi connectivity index (χ2n) is 4.96. The lowest BCUT2D eigenvalue weighted by Gasteiger charge is -2.23. The molecule has 2 aromatic rings. The van der Waals surface area contributed by atoms with Gasteiger partial charge in [-0.25, -0.2) is 8.42 Å². The van der Waals surface area contributed by atoms with Crippen LogP contribution in [0, 0.1) is 0 Å². The monoisotopic (exact) mass is 323 g/mol. The zero-order valence-electron chi connectivity index (χ0n) is 11.7. The quantitative estimate of drug-likeness (QED) is 0.867. The number of methoxy groups -OCH3 is 1. The second kappa shape index (κ2) is 5.79. The first-order valence-electron chi connectivity index (χ1n) is 6.82. The SMILES string of the molecule is COc1ccc(S(=O)(=O)N2CCC[C@H]2c2cccs2)cc1. The third-order valence-corrected chi connectivity index (χ3v) is 6.64. The lowest BCUT2D eigenvalue weighted by atomic mass is 10.2. The molecule has 4 nitrogen and oxygen atoms in total. The van der Waals surface area contributed by atoms with Crippen molar-refractivity contribution >= 4 is 21.4 Å². The van der Waals surface area contributed by atoms with Gasteiger partial charge in [0.15, 0.2) is 0 Å². The first-order chi connectivity index (χ1) is 10.1. The van der Waals surface area contributed by atoms with E-state index in [-0.39, 0.29) is 6.04 Å². The van der Waals surface area contributed by atoms with E-state index in [0.717, 1.165) is 17.7 Å². The van der Waals surface area contributed by atoms with Crippen LogP contribution < -0.4 is 4.74 Å². The van der Waals surface area contributed by atoms with Gasteiger partial charge in [-0.15, -0.1) is 11.3 Å². The maximum Gasteiger partial charge on any atom is 0.243 e. The Morgan fingerprint density at radius 3 is 2.62 bits per heavy atom. The molecule has 21 heavy (non-hydrogen) atoms. The highest BCUT2D eigenvalue weighted by atomic mass is 32.2. The van der Waals surface area contributed by atoms with Gasteiger partial charge in [-0.1, -0.05) is 6.07 Å². The Morgan fingerprint density at radius 2 is 2.00 bits per heavy atom. The molecule has 0 N–H and O–H groups in total. The van der Waals surface area contributed by atoms with Crippen LogP contribution in [-0.2, 0) is 10.0 Å². The molecular formula is C15H17NO3S2. The molecule has 1 aromatic heterocycles. The number of sulfonamides is 1. The largest absolute Gasteiger partial charge is 0.497 e.